The highest BCUT2D eigenvalue weighted by Crippen LogP contribution is 2.63. The molecule has 1 aromatic heterocycles. The maximum atomic E-state index is 2.51. The van der Waals surface area contributed by atoms with Crippen LogP contribution in [0.25, 0.3) is 72.0 Å². The zero-order valence-corrected chi connectivity index (χ0v) is 34.5. The smallest absolute Gasteiger partial charge is 0.0788 e. The molecule has 0 aliphatic heterocycles. The maximum Gasteiger partial charge on any atom is 0.0788 e. The van der Waals surface area contributed by atoms with E-state index in [4.69, 9.17) is 0 Å². The standard InChI is InChI=1S/C61H40N2/c1-4-18-41(19-5-1)42-32-34-45(35-33-42)62(58-39-38-47(43-20-6-2-7-21-43)59-52-27-13-17-31-57(52)63(60(58)59)44-22-8-3-9-23-44)46-36-37-51-50-26-12-16-30-55(50)61(56(51)40-46)53-28-14-10-24-48(53)49-25-11-15-29-54(49)61/h1-40H. The highest BCUT2D eigenvalue weighted by atomic mass is 15.2. The summed E-state index contributed by atoms with van der Waals surface area (Å²) in [5.41, 5.74) is 21.6. The van der Waals surface area contributed by atoms with Crippen LogP contribution in [0.2, 0.25) is 0 Å². The largest absolute Gasteiger partial charge is 0.308 e. The maximum absolute atomic E-state index is 2.51. The van der Waals surface area contributed by atoms with Crippen molar-refractivity contribution in [1.29, 1.82) is 0 Å². The Morgan fingerprint density at radius 2 is 0.810 bits per heavy atom. The topological polar surface area (TPSA) is 8.17 Å². The molecule has 0 N–H and O–H groups in total. The van der Waals surface area contributed by atoms with Crippen LogP contribution in [0.4, 0.5) is 17.1 Å². The van der Waals surface area contributed by atoms with Gasteiger partial charge >= 0.3 is 0 Å². The Morgan fingerprint density at radius 3 is 1.44 bits per heavy atom. The predicted molar refractivity (Wildman–Crippen MR) is 263 cm³/mol. The first-order chi connectivity index (χ1) is 31.3. The second-order valence-corrected chi connectivity index (χ2v) is 16.8. The molecular weight excluding hydrogens is 761 g/mol. The SMILES string of the molecule is c1ccc(-c2ccc(N(c3ccc4c(c3)C3(c5ccccc5-c5ccccc53)c3ccccc3-4)c3ccc(-c4ccccc4)c4c5ccccc5n(-c5ccccc5)c34)cc2)cc1. The van der Waals surface area contributed by atoms with E-state index in [2.05, 4.69) is 252 Å². The van der Waals surface area contributed by atoms with Crippen LogP contribution < -0.4 is 4.90 Å². The van der Waals surface area contributed by atoms with E-state index in [1.54, 1.807) is 0 Å². The third kappa shape index (κ3) is 5.13. The second kappa shape index (κ2) is 13.9. The molecule has 2 heteroatoms. The van der Waals surface area contributed by atoms with Crippen LogP contribution in [0.5, 0.6) is 0 Å². The lowest BCUT2D eigenvalue weighted by Crippen LogP contribution is -2.26. The van der Waals surface area contributed by atoms with Crippen molar-refractivity contribution in [3.8, 4) is 50.2 Å². The third-order valence-corrected chi connectivity index (χ3v) is 13.6. The van der Waals surface area contributed by atoms with E-state index >= 15 is 0 Å². The van der Waals surface area contributed by atoms with Crippen molar-refractivity contribution >= 4 is 38.9 Å². The molecule has 11 aromatic rings. The van der Waals surface area contributed by atoms with Crippen molar-refractivity contribution in [1.82, 2.24) is 4.57 Å². The fourth-order valence-corrected chi connectivity index (χ4v) is 11.0. The molecule has 0 unspecified atom stereocenters. The summed E-state index contributed by atoms with van der Waals surface area (Å²) in [6.07, 6.45) is 0. The molecule has 63 heavy (non-hydrogen) atoms. The Balaban J connectivity index is 1.14. The van der Waals surface area contributed by atoms with Gasteiger partial charge in [-0.1, -0.05) is 194 Å². The van der Waals surface area contributed by atoms with E-state index in [-0.39, 0.29) is 0 Å². The van der Waals surface area contributed by atoms with Crippen molar-refractivity contribution in [2.24, 2.45) is 0 Å². The van der Waals surface area contributed by atoms with Gasteiger partial charge in [0.05, 0.1) is 22.1 Å². The number of anilines is 3. The van der Waals surface area contributed by atoms with Gasteiger partial charge in [0.2, 0.25) is 0 Å². The molecule has 2 aliphatic rings. The van der Waals surface area contributed by atoms with Crippen LogP contribution in [0.15, 0.2) is 243 Å². The number of para-hydroxylation sites is 2. The van der Waals surface area contributed by atoms with E-state index in [1.807, 2.05) is 0 Å². The molecule has 0 amide bonds. The zero-order chi connectivity index (χ0) is 41.5. The third-order valence-electron chi connectivity index (χ3n) is 13.6. The number of hydrogen-bond donors (Lipinski definition) is 0. The van der Waals surface area contributed by atoms with E-state index in [0.717, 1.165) is 28.3 Å². The molecule has 0 bridgehead atoms. The molecule has 0 saturated heterocycles. The van der Waals surface area contributed by atoms with Gasteiger partial charge in [0.25, 0.3) is 0 Å². The number of rotatable bonds is 6. The summed E-state index contributed by atoms with van der Waals surface area (Å²) in [5, 5.41) is 2.45. The van der Waals surface area contributed by atoms with Crippen molar-refractivity contribution in [2.75, 3.05) is 4.90 Å². The molecule has 2 aliphatic carbocycles. The molecule has 1 heterocycles. The first-order valence-electron chi connectivity index (χ1n) is 21.9. The number of hydrogen-bond acceptors (Lipinski definition) is 1. The fraction of sp³-hybridized carbons (Fsp3) is 0.0164. The lowest BCUT2D eigenvalue weighted by molar-refractivity contribution is 0.793. The van der Waals surface area contributed by atoms with Gasteiger partial charge in [-0.2, -0.15) is 0 Å². The Bertz CT molecular complexity index is 3480. The molecule has 0 fully saturated rings. The Hall–Kier alpha value is -8.20. The molecule has 294 valence electrons. The molecule has 10 aromatic carbocycles. The van der Waals surface area contributed by atoms with Gasteiger partial charge < -0.3 is 9.47 Å². The number of fused-ring (bicyclic) bond motifs is 13. The summed E-state index contributed by atoms with van der Waals surface area (Å²) in [6.45, 7) is 0. The molecule has 0 radical (unpaired) electrons. The van der Waals surface area contributed by atoms with Gasteiger partial charge in [-0.05, 0) is 115 Å². The number of benzene rings is 10. The molecule has 1 spiro atoms. The second-order valence-electron chi connectivity index (χ2n) is 16.8. The lowest BCUT2D eigenvalue weighted by atomic mass is 9.70. The van der Waals surface area contributed by atoms with E-state index in [1.165, 1.54) is 83.1 Å². The van der Waals surface area contributed by atoms with Crippen molar-refractivity contribution < 1.29 is 0 Å². The van der Waals surface area contributed by atoms with Gasteiger partial charge in [-0.15, -0.1) is 0 Å². The summed E-state index contributed by atoms with van der Waals surface area (Å²) in [6, 6.07) is 89.6. The zero-order valence-electron chi connectivity index (χ0n) is 34.5. The van der Waals surface area contributed by atoms with Crippen LogP contribution in [0, 0.1) is 0 Å². The van der Waals surface area contributed by atoms with Crippen molar-refractivity contribution in [3.63, 3.8) is 0 Å². The van der Waals surface area contributed by atoms with Crippen LogP contribution in [0.3, 0.4) is 0 Å². The predicted octanol–water partition coefficient (Wildman–Crippen LogP) is 15.9. The summed E-state index contributed by atoms with van der Waals surface area (Å²) in [7, 11) is 0. The first kappa shape index (κ1) is 35.5. The molecular formula is C61H40N2. The monoisotopic (exact) mass is 800 g/mol. The highest BCUT2D eigenvalue weighted by Gasteiger charge is 2.51. The molecule has 2 nitrogen and oxygen atoms in total. The normalized spacial score (nSPS) is 12.9. The minimum absolute atomic E-state index is 0.469. The molecule has 0 atom stereocenters. The van der Waals surface area contributed by atoms with Gasteiger partial charge in [0.15, 0.2) is 0 Å². The quantitative estimate of drug-likeness (QED) is 0.163. The Kier molecular flexibility index (Phi) is 7.85. The molecule has 13 rings (SSSR count). The molecule has 0 saturated carbocycles. The Morgan fingerprint density at radius 1 is 0.333 bits per heavy atom. The van der Waals surface area contributed by atoms with Gasteiger partial charge in [-0.3, -0.25) is 0 Å². The number of nitrogens with zero attached hydrogens (tertiary/aromatic N) is 2. The summed E-state index contributed by atoms with van der Waals surface area (Å²) in [5.74, 6) is 0. The van der Waals surface area contributed by atoms with Crippen molar-refractivity contribution in [3.05, 3.63) is 265 Å². The average Bonchev–Trinajstić information content (AvgIpc) is 3.98. The van der Waals surface area contributed by atoms with Crippen LogP contribution in [-0.2, 0) is 5.41 Å². The van der Waals surface area contributed by atoms with Crippen LogP contribution >= 0.6 is 0 Å². The van der Waals surface area contributed by atoms with Crippen molar-refractivity contribution in [2.45, 2.75) is 5.41 Å². The van der Waals surface area contributed by atoms with E-state index < -0.39 is 5.41 Å². The van der Waals surface area contributed by atoms with E-state index in [9.17, 15) is 0 Å². The average molecular weight is 801 g/mol. The van der Waals surface area contributed by atoms with Gasteiger partial charge in [0.1, 0.15) is 0 Å². The minimum atomic E-state index is -0.469. The van der Waals surface area contributed by atoms with Crippen LogP contribution in [-0.4, -0.2) is 4.57 Å². The number of aromatic nitrogens is 1. The van der Waals surface area contributed by atoms with Gasteiger partial charge in [-0.25, -0.2) is 0 Å². The summed E-state index contributed by atoms with van der Waals surface area (Å²) < 4.78 is 2.48. The fourth-order valence-electron chi connectivity index (χ4n) is 11.0. The lowest BCUT2D eigenvalue weighted by Gasteiger charge is -2.32. The van der Waals surface area contributed by atoms with E-state index in [0.29, 0.717) is 0 Å². The Labute approximate surface area is 367 Å². The summed E-state index contributed by atoms with van der Waals surface area (Å²) >= 11 is 0. The highest BCUT2D eigenvalue weighted by molar-refractivity contribution is 6.20. The summed E-state index contributed by atoms with van der Waals surface area (Å²) in [4.78, 5) is 2.51. The van der Waals surface area contributed by atoms with Gasteiger partial charge in [0, 0.05) is 27.8 Å². The first-order valence-corrected chi connectivity index (χ1v) is 21.9. The minimum Gasteiger partial charge on any atom is -0.308 e. The van der Waals surface area contributed by atoms with Crippen LogP contribution in [0.1, 0.15) is 22.3 Å².